The normalized spacial score (nSPS) is 11.4. The van der Waals surface area contributed by atoms with Gasteiger partial charge in [-0.1, -0.05) is 42.5 Å². The van der Waals surface area contributed by atoms with Gasteiger partial charge in [0.1, 0.15) is 5.82 Å². The molecule has 30 heavy (non-hydrogen) atoms. The minimum Gasteiger partial charge on any atom is -0.290 e. The molecule has 3 aromatic rings. The molecule has 3 rings (SSSR count). The summed E-state index contributed by atoms with van der Waals surface area (Å²) in [5, 5.41) is 4.23. The van der Waals surface area contributed by atoms with Crippen molar-refractivity contribution in [1.29, 1.82) is 0 Å². The van der Waals surface area contributed by atoms with Gasteiger partial charge in [0.05, 0.1) is 11.3 Å². The summed E-state index contributed by atoms with van der Waals surface area (Å²) in [7, 11) is 1.66. The number of amides is 1. The number of halogens is 3. The first-order valence-corrected chi connectivity index (χ1v) is 9.25. The molecule has 2 aromatic carbocycles. The largest absolute Gasteiger partial charge is 0.416 e. The van der Waals surface area contributed by atoms with E-state index in [1.807, 2.05) is 0 Å². The van der Waals surface area contributed by atoms with Crippen LogP contribution in [0.4, 0.5) is 19.0 Å². The Morgan fingerprint density at radius 1 is 1.03 bits per heavy atom. The van der Waals surface area contributed by atoms with Crippen LogP contribution in [0.1, 0.15) is 27.2 Å². The number of alkyl halides is 3. The first kappa shape index (κ1) is 21.3. The van der Waals surface area contributed by atoms with Crippen molar-refractivity contribution in [2.75, 3.05) is 11.4 Å². The molecule has 0 atom stereocenters. The highest BCUT2D eigenvalue weighted by molar-refractivity contribution is 6.47. The summed E-state index contributed by atoms with van der Waals surface area (Å²) < 4.78 is 39.8. The molecule has 1 heterocycles. The molecule has 0 aliphatic heterocycles. The van der Waals surface area contributed by atoms with Gasteiger partial charge in [-0.05, 0) is 31.0 Å². The number of carbonyl (C=O) groups excluding carboxylic acids is 2. The second-order valence-corrected chi connectivity index (χ2v) is 6.86. The quantitative estimate of drug-likeness (QED) is 0.448. The number of hydrogen-bond donors (Lipinski definition) is 0. The van der Waals surface area contributed by atoms with E-state index in [1.165, 1.54) is 21.7 Å². The van der Waals surface area contributed by atoms with Crippen molar-refractivity contribution in [2.45, 2.75) is 19.5 Å². The molecule has 0 aliphatic carbocycles. The maximum absolute atomic E-state index is 13.0. The van der Waals surface area contributed by atoms with Gasteiger partial charge in [-0.3, -0.25) is 19.2 Å². The van der Waals surface area contributed by atoms with Crippen molar-refractivity contribution in [3.05, 3.63) is 83.0 Å². The standard InChI is InChI=1S/C22H20F3N3O2/c1-15-14-19(27(2)26-15)28(21(30)20(29)17-6-4-3-5-7-17)13-12-16-8-10-18(11-9-16)22(23,24)25/h3-11,14H,12-13H2,1-2H3. The van der Waals surface area contributed by atoms with Crippen LogP contribution in [0.25, 0.3) is 0 Å². The highest BCUT2D eigenvalue weighted by Gasteiger charge is 2.30. The molecule has 0 radical (unpaired) electrons. The Hall–Kier alpha value is -3.42. The van der Waals surface area contributed by atoms with E-state index in [-0.39, 0.29) is 18.5 Å². The lowest BCUT2D eigenvalue weighted by Gasteiger charge is -2.22. The molecule has 0 fully saturated rings. The Morgan fingerprint density at radius 3 is 2.20 bits per heavy atom. The van der Waals surface area contributed by atoms with Gasteiger partial charge in [0.2, 0.25) is 0 Å². The number of rotatable bonds is 6. The van der Waals surface area contributed by atoms with Crippen molar-refractivity contribution in [3.8, 4) is 0 Å². The lowest BCUT2D eigenvalue weighted by atomic mass is 10.1. The predicted molar refractivity (Wildman–Crippen MR) is 106 cm³/mol. The molecule has 1 amide bonds. The van der Waals surface area contributed by atoms with Crippen LogP contribution < -0.4 is 4.90 Å². The van der Waals surface area contributed by atoms with Crippen molar-refractivity contribution >= 4 is 17.5 Å². The molecule has 0 saturated carbocycles. The predicted octanol–water partition coefficient (Wildman–Crippen LogP) is 4.21. The zero-order valence-electron chi connectivity index (χ0n) is 16.5. The Balaban J connectivity index is 1.84. The van der Waals surface area contributed by atoms with E-state index in [4.69, 9.17) is 0 Å². The number of hydrogen-bond acceptors (Lipinski definition) is 3. The van der Waals surface area contributed by atoms with E-state index < -0.39 is 23.4 Å². The summed E-state index contributed by atoms with van der Waals surface area (Å²) >= 11 is 0. The van der Waals surface area contributed by atoms with Crippen LogP contribution >= 0.6 is 0 Å². The highest BCUT2D eigenvalue weighted by Crippen LogP contribution is 2.29. The SMILES string of the molecule is Cc1cc(N(CCc2ccc(C(F)(F)F)cc2)C(=O)C(=O)c2ccccc2)n(C)n1. The van der Waals surface area contributed by atoms with Gasteiger partial charge < -0.3 is 0 Å². The highest BCUT2D eigenvalue weighted by atomic mass is 19.4. The van der Waals surface area contributed by atoms with Gasteiger partial charge >= 0.3 is 12.1 Å². The molecular weight excluding hydrogens is 395 g/mol. The average Bonchev–Trinajstić information content (AvgIpc) is 3.05. The molecular formula is C22H20F3N3O2. The van der Waals surface area contributed by atoms with E-state index in [9.17, 15) is 22.8 Å². The Kier molecular flexibility index (Phi) is 6.05. The Labute approximate surface area is 171 Å². The molecule has 156 valence electrons. The fraction of sp³-hybridized carbons (Fsp3) is 0.227. The van der Waals surface area contributed by atoms with Crippen LogP contribution in [0.5, 0.6) is 0 Å². The summed E-state index contributed by atoms with van der Waals surface area (Å²) in [6.45, 7) is 1.88. The van der Waals surface area contributed by atoms with E-state index in [0.29, 0.717) is 17.1 Å². The summed E-state index contributed by atoms with van der Waals surface area (Å²) in [4.78, 5) is 27.0. The van der Waals surface area contributed by atoms with Gasteiger partial charge in [-0.15, -0.1) is 0 Å². The second-order valence-electron chi connectivity index (χ2n) is 6.86. The zero-order chi connectivity index (χ0) is 21.9. The van der Waals surface area contributed by atoms with Crippen molar-refractivity contribution in [2.24, 2.45) is 7.05 Å². The molecule has 0 bridgehead atoms. The smallest absolute Gasteiger partial charge is 0.290 e. The molecule has 0 spiro atoms. The zero-order valence-corrected chi connectivity index (χ0v) is 16.5. The van der Waals surface area contributed by atoms with Crippen molar-refractivity contribution in [1.82, 2.24) is 9.78 Å². The van der Waals surface area contributed by atoms with E-state index in [2.05, 4.69) is 5.10 Å². The molecule has 0 unspecified atom stereocenters. The van der Waals surface area contributed by atoms with Crippen LogP contribution in [0, 0.1) is 6.92 Å². The summed E-state index contributed by atoms with van der Waals surface area (Å²) in [6.07, 6.45) is -4.13. The van der Waals surface area contributed by atoms with Gasteiger partial charge in [-0.25, -0.2) is 0 Å². The number of carbonyl (C=O) groups is 2. The number of nitrogens with zero attached hydrogens (tertiary/aromatic N) is 3. The van der Waals surface area contributed by atoms with Crippen LogP contribution in [-0.2, 0) is 24.4 Å². The third kappa shape index (κ3) is 4.76. The van der Waals surface area contributed by atoms with E-state index in [1.54, 1.807) is 50.4 Å². The van der Waals surface area contributed by atoms with E-state index in [0.717, 1.165) is 12.1 Å². The molecule has 5 nitrogen and oxygen atoms in total. The number of aromatic nitrogens is 2. The third-order valence-electron chi connectivity index (χ3n) is 4.63. The van der Waals surface area contributed by atoms with Crippen LogP contribution in [0.3, 0.4) is 0 Å². The van der Waals surface area contributed by atoms with Crippen LogP contribution in [-0.4, -0.2) is 28.0 Å². The minimum atomic E-state index is -4.41. The Morgan fingerprint density at radius 2 is 1.67 bits per heavy atom. The van der Waals surface area contributed by atoms with Crippen molar-refractivity contribution in [3.63, 3.8) is 0 Å². The van der Waals surface area contributed by atoms with Gasteiger partial charge in [0, 0.05) is 25.2 Å². The maximum Gasteiger partial charge on any atom is 0.416 e. The topological polar surface area (TPSA) is 55.2 Å². The fourth-order valence-corrected chi connectivity index (χ4v) is 3.11. The maximum atomic E-state index is 13.0. The molecule has 0 N–H and O–H groups in total. The fourth-order valence-electron chi connectivity index (χ4n) is 3.11. The monoisotopic (exact) mass is 415 g/mol. The summed E-state index contributed by atoms with van der Waals surface area (Å²) in [5.74, 6) is -0.952. The summed E-state index contributed by atoms with van der Waals surface area (Å²) in [6, 6.07) is 14.6. The average molecular weight is 415 g/mol. The molecule has 0 saturated heterocycles. The lowest BCUT2D eigenvalue weighted by molar-refractivity contribution is -0.137. The molecule has 0 aliphatic rings. The summed E-state index contributed by atoms with van der Waals surface area (Å²) in [5.41, 5.74) is 0.820. The molecule has 1 aromatic heterocycles. The second kappa shape index (κ2) is 8.52. The third-order valence-corrected chi connectivity index (χ3v) is 4.63. The van der Waals surface area contributed by atoms with Gasteiger partial charge in [0.15, 0.2) is 0 Å². The van der Waals surface area contributed by atoms with E-state index >= 15 is 0 Å². The minimum absolute atomic E-state index is 0.113. The first-order chi connectivity index (χ1) is 14.2. The number of anilines is 1. The number of ketones is 1. The number of benzene rings is 2. The number of Topliss-reactive ketones (excluding diaryl/α,β-unsaturated/α-hetero) is 1. The van der Waals surface area contributed by atoms with Gasteiger partial charge in [0.25, 0.3) is 5.78 Å². The molecule has 8 heteroatoms. The van der Waals surface area contributed by atoms with Gasteiger partial charge in [-0.2, -0.15) is 18.3 Å². The van der Waals surface area contributed by atoms with Crippen LogP contribution in [0.2, 0.25) is 0 Å². The van der Waals surface area contributed by atoms with Crippen LogP contribution in [0.15, 0.2) is 60.7 Å². The van der Waals surface area contributed by atoms with Crippen molar-refractivity contribution < 1.29 is 22.8 Å². The lowest BCUT2D eigenvalue weighted by Crippen LogP contribution is -2.39. The Bertz CT molecular complexity index is 1040. The number of aryl methyl sites for hydroxylation is 2. The first-order valence-electron chi connectivity index (χ1n) is 9.25.